The summed E-state index contributed by atoms with van der Waals surface area (Å²) in [6.45, 7) is 1.08. The number of ether oxygens (including phenoxy) is 2. The summed E-state index contributed by atoms with van der Waals surface area (Å²) < 4.78 is 12.6. The molecule has 0 unspecified atom stereocenters. The van der Waals surface area contributed by atoms with E-state index in [1.165, 1.54) is 0 Å². The van der Waals surface area contributed by atoms with Crippen molar-refractivity contribution in [3.63, 3.8) is 0 Å². The Bertz CT molecular complexity index is 1270. The Morgan fingerprint density at radius 3 is 2.74 bits per heavy atom. The highest BCUT2D eigenvalue weighted by atomic mass is 32.2. The van der Waals surface area contributed by atoms with Crippen molar-refractivity contribution in [2.75, 3.05) is 19.9 Å². The number of fused-ring (bicyclic) bond motifs is 1. The molecule has 0 aliphatic carbocycles. The summed E-state index contributed by atoms with van der Waals surface area (Å²) in [4.78, 5) is 43.0. The molecule has 0 atom stereocenters. The zero-order valence-corrected chi connectivity index (χ0v) is 18.8. The normalized spacial score (nSPS) is 15.9. The summed E-state index contributed by atoms with van der Waals surface area (Å²) in [5, 5.41) is 2.40. The SMILES string of the molecule is O=C(NCCN1C(=O)S/C(=C\c2ccc3c(c2)OCO3)C1=O)c1ccc(Cn2ccnc2)cc1. The zero-order valence-electron chi connectivity index (χ0n) is 18.0. The highest BCUT2D eigenvalue weighted by Crippen LogP contribution is 2.36. The Morgan fingerprint density at radius 2 is 1.94 bits per heavy atom. The molecule has 0 radical (unpaired) electrons. The molecule has 2 aliphatic rings. The van der Waals surface area contributed by atoms with Crippen LogP contribution < -0.4 is 14.8 Å². The van der Waals surface area contributed by atoms with Gasteiger partial charge in [-0.05, 0) is 53.2 Å². The fraction of sp³-hybridized carbons (Fsp3) is 0.167. The number of carbonyl (C=O) groups excluding carboxylic acids is 3. The maximum atomic E-state index is 12.7. The van der Waals surface area contributed by atoms with Crippen LogP contribution in [0.25, 0.3) is 6.08 Å². The number of imide groups is 1. The summed E-state index contributed by atoms with van der Waals surface area (Å²) in [5.41, 5.74) is 2.28. The molecule has 3 heterocycles. The lowest BCUT2D eigenvalue weighted by Gasteiger charge is -2.13. The molecule has 2 aromatic carbocycles. The maximum absolute atomic E-state index is 12.7. The van der Waals surface area contributed by atoms with Crippen LogP contribution in [0.15, 0.2) is 66.1 Å². The smallest absolute Gasteiger partial charge is 0.293 e. The van der Waals surface area contributed by atoms with Gasteiger partial charge in [0.15, 0.2) is 11.5 Å². The molecule has 34 heavy (non-hydrogen) atoms. The molecule has 1 aromatic heterocycles. The number of hydrogen-bond donors (Lipinski definition) is 1. The van der Waals surface area contributed by atoms with E-state index in [1.807, 2.05) is 22.9 Å². The molecule has 0 spiro atoms. The Balaban J connectivity index is 1.15. The standard InChI is InChI=1S/C24H20N4O5S/c29-22(18-4-1-16(2-5-18)13-27-9-7-25-14-27)26-8-10-28-23(30)21(34-24(28)31)12-17-3-6-19-20(11-17)33-15-32-19/h1-7,9,11-12,14H,8,10,13,15H2,(H,26,29)/b21-12-. The van der Waals surface area contributed by atoms with Crippen LogP contribution in [0.1, 0.15) is 21.5 Å². The van der Waals surface area contributed by atoms with Crippen molar-refractivity contribution in [2.24, 2.45) is 0 Å². The van der Waals surface area contributed by atoms with Gasteiger partial charge in [0.25, 0.3) is 17.1 Å². The molecule has 1 fully saturated rings. The Labute approximate surface area is 199 Å². The minimum atomic E-state index is -0.384. The van der Waals surface area contributed by atoms with E-state index in [0.717, 1.165) is 27.8 Å². The van der Waals surface area contributed by atoms with Gasteiger partial charge in [-0.15, -0.1) is 0 Å². The summed E-state index contributed by atoms with van der Waals surface area (Å²) in [6.07, 6.45) is 6.97. The van der Waals surface area contributed by atoms with Crippen molar-refractivity contribution in [2.45, 2.75) is 6.54 Å². The molecule has 0 bridgehead atoms. The molecule has 3 amide bonds. The van der Waals surface area contributed by atoms with Crippen LogP contribution in [0, 0.1) is 0 Å². The number of carbonyl (C=O) groups is 3. The molecule has 2 aliphatic heterocycles. The van der Waals surface area contributed by atoms with Crippen LogP contribution in [0.2, 0.25) is 0 Å². The minimum Gasteiger partial charge on any atom is -0.454 e. The quantitative estimate of drug-likeness (QED) is 0.523. The Hall–Kier alpha value is -4.05. The molecule has 172 valence electrons. The number of nitrogens with one attached hydrogen (secondary N) is 1. The van der Waals surface area contributed by atoms with Gasteiger partial charge in [0, 0.05) is 37.6 Å². The zero-order chi connectivity index (χ0) is 23.5. The lowest BCUT2D eigenvalue weighted by molar-refractivity contribution is -0.122. The molecular weight excluding hydrogens is 456 g/mol. The highest BCUT2D eigenvalue weighted by Gasteiger charge is 2.34. The van der Waals surface area contributed by atoms with Crippen molar-refractivity contribution < 1.29 is 23.9 Å². The molecule has 0 saturated carbocycles. The van der Waals surface area contributed by atoms with Crippen LogP contribution in [-0.2, 0) is 11.3 Å². The van der Waals surface area contributed by atoms with Gasteiger partial charge in [0.2, 0.25) is 6.79 Å². The summed E-state index contributed by atoms with van der Waals surface area (Å²) >= 11 is 0.875. The lowest BCUT2D eigenvalue weighted by Crippen LogP contribution is -2.37. The van der Waals surface area contributed by atoms with Gasteiger partial charge in [-0.2, -0.15) is 0 Å². The van der Waals surface area contributed by atoms with Crippen LogP contribution in [0.3, 0.4) is 0 Å². The van der Waals surface area contributed by atoms with Gasteiger partial charge in [-0.3, -0.25) is 19.3 Å². The van der Waals surface area contributed by atoms with Crippen LogP contribution in [-0.4, -0.2) is 51.4 Å². The van der Waals surface area contributed by atoms with Gasteiger partial charge >= 0.3 is 0 Å². The van der Waals surface area contributed by atoms with Gasteiger partial charge in [-0.25, -0.2) is 4.98 Å². The van der Waals surface area contributed by atoms with Crippen LogP contribution in [0.5, 0.6) is 11.5 Å². The lowest BCUT2D eigenvalue weighted by atomic mass is 10.1. The molecule has 9 nitrogen and oxygen atoms in total. The topological polar surface area (TPSA) is 103 Å². The largest absolute Gasteiger partial charge is 0.454 e. The molecule has 1 N–H and O–H groups in total. The van der Waals surface area contributed by atoms with Gasteiger partial charge in [-0.1, -0.05) is 18.2 Å². The first kappa shape index (κ1) is 21.8. The molecule has 3 aromatic rings. The number of aromatic nitrogens is 2. The maximum Gasteiger partial charge on any atom is 0.293 e. The van der Waals surface area contributed by atoms with Crippen molar-refractivity contribution in [1.82, 2.24) is 19.8 Å². The van der Waals surface area contributed by atoms with E-state index in [9.17, 15) is 14.4 Å². The van der Waals surface area contributed by atoms with Gasteiger partial charge < -0.3 is 19.4 Å². The fourth-order valence-corrected chi connectivity index (χ4v) is 4.45. The average molecular weight is 477 g/mol. The highest BCUT2D eigenvalue weighted by molar-refractivity contribution is 8.18. The number of amides is 3. The number of imidazole rings is 1. The average Bonchev–Trinajstić information content (AvgIpc) is 3.57. The van der Waals surface area contributed by atoms with E-state index < -0.39 is 0 Å². The fourth-order valence-electron chi connectivity index (χ4n) is 3.58. The van der Waals surface area contributed by atoms with Crippen molar-refractivity contribution in [1.29, 1.82) is 0 Å². The second kappa shape index (κ2) is 9.44. The molecule has 1 saturated heterocycles. The molecule has 10 heteroatoms. The van der Waals surface area contributed by atoms with Crippen LogP contribution >= 0.6 is 11.8 Å². The number of rotatable bonds is 7. The number of thioether (sulfide) groups is 1. The van der Waals surface area contributed by atoms with E-state index >= 15 is 0 Å². The van der Waals surface area contributed by atoms with Crippen LogP contribution in [0.4, 0.5) is 4.79 Å². The summed E-state index contributed by atoms with van der Waals surface area (Å²) in [5.74, 6) is 0.599. The number of hydrogen-bond acceptors (Lipinski definition) is 7. The minimum absolute atomic E-state index is 0.0909. The number of nitrogens with zero attached hydrogens (tertiary/aromatic N) is 3. The third-order valence-electron chi connectivity index (χ3n) is 5.33. The van der Waals surface area contributed by atoms with Gasteiger partial charge in [0.1, 0.15) is 0 Å². The predicted octanol–water partition coefficient (Wildman–Crippen LogP) is 3.13. The van der Waals surface area contributed by atoms with E-state index in [1.54, 1.807) is 48.9 Å². The van der Waals surface area contributed by atoms with E-state index in [0.29, 0.717) is 28.5 Å². The Morgan fingerprint density at radius 1 is 1.12 bits per heavy atom. The first-order chi connectivity index (χ1) is 16.6. The van der Waals surface area contributed by atoms with E-state index in [2.05, 4.69) is 10.3 Å². The second-order valence-corrected chi connectivity index (χ2v) is 8.63. The van der Waals surface area contributed by atoms with E-state index in [-0.39, 0.29) is 36.9 Å². The van der Waals surface area contributed by atoms with Crippen molar-refractivity contribution in [3.8, 4) is 11.5 Å². The van der Waals surface area contributed by atoms with E-state index in [4.69, 9.17) is 9.47 Å². The first-order valence-corrected chi connectivity index (χ1v) is 11.4. The third-order valence-corrected chi connectivity index (χ3v) is 6.24. The third kappa shape index (κ3) is 4.67. The Kier molecular flexibility index (Phi) is 6.05. The predicted molar refractivity (Wildman–Crippen MR) is 125 cm³/mol. The second-order valence-electron chi connectivity index (χ2n) is 7.63. The van der Waals surface area contributed by atoms with Crippen molar-refractivity contribution in [3.05, 3.63) is 82.8 Å². The summed E-state index contributed by atoms with van der Waals surface area (Å²) in [7, 11) is 0. The molecular formula is C24H20N4O5S. The van der Waals surface area contributed by atoms with Crippen molar-refractivity contribution >= 4 is 34.9 Å². The summed E-state index contributed by atoms with van der Waals surface area (Å²) in [6, 6.07) is 12.6. The monoisotopic (exact) mass is 476 g/mol. The first-order valence-electron chi connectivity index (χ1n) is 10.5. The van der Waals surface area contributed by atoms with Gasteiger partial charge in [0.05, 0.1) is 11.2 Å². The molecule has 5 rings (SSSR count). The number of benzene rings is 2.